The summed E-state index contributed by atoms with van der Waals surface area (Å²) in [6.07, 6.45) is 0. The molecule has 0 aromatic heterocycles. The van der Waals surface area contributed by atoms with E-state index in [1.54, 1.807) is 0 Å². The summed E-state index contributed by atoms with van der Waals surface area (Å²) in [5.74, 6) is 0. The Hall–Kier alpha value is -1.06. The van der Waals surface area contributed by atoms with Crippen molar-refractivity contribution in [2.24, 2.45) is 5.73 Å². The molecule has 0 aliphatic rings. The third-order valence-electron chi connectivity index (χ3n) is 2.85. The Balaban J connectivity index is 2.74. The van der Waals surface area contributed by atoms with Crippen LogP contribution < -0.4 is 11.1 Å². The quantitative estimate of drug-likeness (QED) is 0.700. The largest absolute Gasteiger partial charge is 0.395 e. The van der Waals surface area contributed by atoms with E-state index in [1.807, 2.05) is 0 Å². The Labute approximate surface area is 91.3 Å². The maximum absolute atomic E-state index is 8.82. The van der Waals surface area contributed by atoms with E-state index in [0.29, 0.717) is 6.54 Å². The maximum Gasteiger partial charge on any atom is 0.0599 e. The number of aliphatic hydroxyl groups excluding tert-OH is 1. The number of nitrogens with two attached hydrogens (primary N) is 1. The van der Waals surface area contributed by atoms with Gasteiger partial charge in [0.05, 0.1) is 6.61 Å². The van der Waals surface area contributed by atoms with Gasteiger partial charge in [-0.2, -0.15) is 0 Å². The van der Waals surface area contributed by atoms with Crippen LogP contribution in [0.5, 0.6) is 0 Å². The summed E-state index contributed by atoms with van der Waals surface area (Å²) in [6, 6.07) is 3.95. The van der Waals surface area contributed by atoms with Crippen LogP contribution in [0.3, 0.4) is 0 Å². The highest BCUT2D eigenvalue weighted by molar-refractivity contribution is 5.56. The van der Waals surface area contributed by atoms with Gasteiger partial charge >= 0.3 is 0 Å². The summed E-state index contributed by atoms with van der Waals surface area (Å²) in [7, 11) is 0. The smallest absolute Gasteiger partial charge is 0.0599 e. The minimum atomic E-state index is -0.203. The number of nitrogens with one attached hydrogen (secondary N) is 1. The standard InChI is InChI=1S/C12H20N2O/c1-8-4-5-12(10(3)9(8)2)14-6-11(13)7-15/h4-5,11,14-15H,6-7,13H2,1-3H3. The topological polar surface area (TPSA) is 58.3 Å². The van der Waals surface area contributed by atoms with Crippen molar-refractivity contribution in [1.82, 2.24) is 0 Å². The van der Waals surface area contributed by atoms with Crippen molar-refractivity contribution >= 4 is 5.69 Å². The van der Waals surface area contributed by atoms with Gasteiger partial charge in [-0.15, -0.1) is 0 Å². The molecule has 3 heteroatoms. The SMILES string of the molecule is Cc1ccc(NCC(N)CO)c(C)c1C. The summed E-state index contributed by atoms with van der Waals surface area (Å²) in [5.41, 5.74) is 10.6. The molecule has 1 aromatic rings. The van der Waals surface area contributed by atoms with Crippen molar-refractivity contribution in [2.75, 3.05) is 18.5 Å². The van der Waals surface area contributed by atoms with Crippen LogP contribution in [0.2, 0.25) is 0 Å². The van der Waals surface area contributed by atoms with Crippen molar-refractivity contribution in [1.29, 1.82) is 0 Å². The van der Waals surface area contributed by atoms with Crippen LogP contribution in [-0.4, -0.2) is 24.3 Å². The fourth-order valence-electron chi connectivity index (χ4n) is 1.45. The van der Waals surface area contributed by atoms with E-state index in [2.05, 4.69) is 38.2 Å². The van der Waals surface area contributed by atoms with E-state index in [4.69, 9.17) is 10.8 Å². The van der Waals surface area contributed by atoms with Gasteiger partial charge in [-0.05, 0) is 43.5 Å². The molecule has 0 heterocycles. The van der Waals surface area contributed by atoms with Crippen molar-refractivity contribution in [3.63, 3.8) is 0 Å². The molecule has 0 radical (unpaired) electrons. The van der Waals surface area contributed by atoms with Crippen LogP contribution in [-0.2, 0) is 0 Å². The van der Waals surface area contributed by atoms with Gasteiger partial charge < -0.3 is 16.2 Å². The van der Waals surface area contributed by atoms with E-state index >= 15 is 0 Å². The molecule has 15 heavy (non-hydrogen) atoms. The number of anilines is 1. The number of rotatable bonds is 4. The monoisotopic (exact) mass is 208 g/mol. The average Bonchev–Trinajstić information content (AvgIpc) is 2.24. The van der Waals surface area contributed by atoms with E-state index in [1.165, 1.54) is 16.7 Å². The second-order valence-corrected chi connectivity index (χ2v) is 4.00. The molecule has 1 rings (SSSR count). The van der Waals surface area contributed by atoms with E-state index < -0.39 is 0 Å². The lowest BCUT2D eigenvalue weighted by molar-refractivity contribution is 0.270. The fraction of sp³-hybridized carbons (Fsp3) is 0.500. The first-order valence-corrected chi connectivity index (χ1v) is 5.23. The lowest BCUT2D eigenvalue weighted by Gasteiger charge is -2.15. The average molecular weight is 208 g/mol. The Bertz CT molecular complexity index is 337. The predicted octanol–water partition coefficient (Wildman–Crippen LogP) is 1.34. The molecule has 0 aliphatic heterocycles. The van der Waals surface area contributed by atoms with Crippen LogP contribution in [0.4, 0.5) is 5.69 Å². The Morgan fingerprint density at radius 1 is 1.27 bits per heavy atom. The zero-order chi connectivity index (χ0) is 11.4. The van der Waals surface area contributed by atoms with Crippen LogP contribution in [0.15, 0.2) is 12.1 Å². The van der Waals surface area contributed by atoms with Crippen molar-refractivity contribution in [2.45, 2.75) is 26.8 Å². The first kappa shape index (κ1) is 12.0. The molecule has 3 nitrogen and oxygen atoms in total. The van der Waals surface area contributed by atoms with Crippen molar-refractivity contribution in [3.05, 3.63) is 28.8 Å². The first-order valence-electron chi connectivity index (χ1n) is 5.23. The molecule has 0 aliphatic carbocycles. The molecule has 1 aromatic carbocycles. The molecule has 1 atom stereocenters. The van der Waals surface area contributed by atoms with E-state index in [0.717, 1.165) is 5.69 Å². The molecule has 84 valence electrons. The molecular formula is C12H20N2O. The molecule has 4 N–H and O–H groups in total. The minimum Gasteiger partial charge on any atom is -0.395 e. The highest BCUT2D eigenvalue weighted by atomic mass is 16.3. The van der Waals surface area contributed by atoms with Gasteiger partial charge in [-0.3, -0.25) is 0 Å². The maximum atomic E-state index is 8.82. The molecule has 0 bridgehead atoms. The van der Waals surface area contributed by atoms with Crippen LogP contribution in [0, 0.1) is 20.8 Å². The van der Waals surface area contributed by atoms with Gasteiger partial charge in [0.25, 0.3) is 0 Å². The summed E-state index contributed by atoms with van der Waals surface area (Å²) >= 11 is 0. The van der Waals surface area contributed by atoms with Gasteiger partial charge in [0.15, 0.2) is 0 Å². The first-order chi connectivity index (χ1) is 7.06. The van der Waals surface area contributed by atoms with Crippen LogP contribution in [0.25, 0.3) is 0 Å². The molecule has 1 unspecified atom stereocenters. The van der Waals surface area contributed by atoms with E-state index in [9.17, 15) is 0 Å². The number of hydrogen-bond acceptors (Lipinski definition) is 3. The van der Waals surface area contributed by atoms with Gasteiger partial charge in [-0.1, -0.05) is 6.07 Å². The number of aliphatic hydroxyl groups is 1. The van der Waals surface area contributed by atoms with Gasteiger partial charge in [0, 0.05) is 18.3 Å². The predicted molar refractivity (Wildman–Crippen MR) is 64.2 cm³/mol. The second-order valence-electron chi connectivity index (χ2n) is 4.00. The third kappa shape index (κ3) is 2.94. The third-order valence-corrected chi connectivity index (χ3v) is 2.85. The fourth-order valence-corrected chi connectivity index (χ4v) is 1.45. The normalized spacial score (nSPS) is 12.6. The highest BCUT2D eigenvalue weighted by Crippen LogP contribution is 2.21. The Morgan fingerprint density at radius 3 is 2.53 bits per heavy atom. The molecule has 0 saturated carbocycles. The number of aryl methyl sites for hydroxylation is 1. The van der Waals surface area contributed by atoms with Gasteiger partial charge in [-0.25, -0.2) is 0 Å². The lowest BCUT2D eigenvalue weighted by atomic mass is 10.0. The van der Waals surface area contributed by atoms with E-state index in [-0.39, 0.29) is 12.6 Å². The van der Waals surface area contributed by atoms with Crippen LogP contribution >= 0.6 is 0 Å². The van der Waals surface area contributed by atoms with Crippen molar-refractivity contribution in [3.8, 4) is 0 Å². The summed E-state index contributed by atoms with van der Waals surface area (Å²) < 4.78 is 0. The second kappa shape index (κ2) is 5.14. The summed E-state index contributed by atoms with van der Waals surface area (Å²) in [4.78, 5) is 0. The summed E-state index contributed by atoms with van der Waals surface area (Å²) in [5, 5.41) is 12.1. The number of benzene rings is 1. The molecule has 0 spiro atoms. The number of hydrogen-bond donors (Lipinski definition) is 3. The minimum absolute atomic E-state index is 0.0108. The van der Waals surface area contributed by atoms with Gasteiger partial charge in [0.2, 0.25) is 0 Å². The molecule has 0 amide bonds. The molecule has 0 fully saturated rings. The van der Waals surface area contributed by atoms with Gasteiger partial charge in [0.1, 0.15) is 0 Å². The lowest BCUT2D eigenvalue weighted by Crippen LogP contribution is -2.32. The zero-order valence-electron chi connectivity index (χ0n) is 9.67. The molecule has 0 saturated heterocycles. The van der Waals surface area contributed by atoms with Crippen molar-refractivity contribution < 1.29 is 5.11 Å². The Kier molecular flexibility index (Phi) is 4.12. The summed E-state index contributed by atoms with van der Waals surface area (Å²) in [6.45, 7) is 6.92. The Morgan fingerprint density at radius 2 is 1.93 bits per heavy atom. The molecular weight excluding hydrogens is 188 g/mol. The van der Waals surface area contributed by atoms with Crippen LogP contribution in [0.1, 0.15) is 16.7 Å². The zero-order valence-corrected chi connectivity index (χ0v) is 9.67. The highest BCUT2D eigenvalue weighted by Gasteiger charge is 2.05.